The second-order valence-electron chi connectivity index (χ2n) is 15.3. The molecule has 0 aliphatic heterocycles. The molecule has 270 valence electrons. The van der Waals surface area contributed by atoms with Crippen molar-refractivity contribution in [2.45, 2.75) is 0 Å². The number of hydrogen-bond donors (Lipinski definition) is 0. The van der Waals surface area contributed by atoms with Gasteiger partial charge >= 0.3 is 0 Å². The Morgan fingerprint density at radius 2 is 0.690 bits per heavy atom. The van der Waals surface area contributed by atoms with Crippen LogP contribution >= 0.6 is 0 Å². The molecule has 12 aromatic rings. The minimum Gasteiger partial charge on any atom is -0.309 e. The van der Waals surface area contributed by atoms with Crippen molar-refractivity contribution in [2.75, 3.05) is 0 Å². The van der Waals surface area contributed by atoms with Gasteiger partial charge in [0.25, 0.3) is 0 Å². The first-order valence-corrected chi connectivity index (χ1v) is 20.0. The Hall–Kier alpha value is -7.68. The summed E-state index contributed by atoms with van der Waals surface area (Å²) in [6.07, 6.45) is 0. The molecule has 10 aromatic carbocycles. The molecule has 0 saturated heterocycles. The lowest BCUT2D eigenvalue weighted by atomic mass is 9.92. The minimum absolute atomic E-state index is 1.15. The highest BCUT2D eigenvalue weighted by Crippen LogP contribution is 2.40. The molecule has 2 nitrogen and oxygen atoms in total. The van der Waals surface area contributed by atoms with E-state index in [2.05, 4.69) is 228 Å². The summed E-state index contributed by atoms with van der Waals surface area (Å²) < 4.78 is 4.78. The van der Waals surface area contributed by atoms with Crippen LogP contribution < -0.4 is 0 Å². The summed E-state index contributed by atoms with van der Waals surface area (Å²) in [6, 6.07) is 79.9. The third kappa shape index (κ3) is 5.05. The van der Waals surface area contributed by atoms with Gasteiger partial charge in [-0.05, 0) is 128 Å². The van der Waals surface area contributed by atoms with Gasteiger partial charge in [-0.25, -0.2) is 0 Å². The molecule has 2 heteroatoms. The Bertz CT molecular complexity index is 3550. The van der Waals surface area contributed by atoms with Gasteiger partial charge in [-0.3, -0.25) is 0 Å². The fourth-order valence-electron chi connectivity index (χ4n) is 9.40. The molecule has 2 heterocycles. The third-order valence-electron chi connectivity index (χ3n) is 12.1. The number of benzene rings is 10. The molecule has 0 aliphatic carbocycles. The van der Waals surface area contributed by atoms with Crippen LogP contribution in [0.3, 0.4) is 0 Å². The Balaban J connectivity index is 0.935. The summed E-state index contributed by atoms with van der Waals surface area (Å²) in [5, 5.41) is 10.1. The number of fused-ring (bicyclic) bond motifs is 9. The summed E-state index contributed by atoms with van der Waals surface area (Å²) in [6.45, 7) is 0. The maximum absolute atomic E-state index is 2.41. The van der Waals surface area contributed by atoms with Gasteiger partial charge < -0.3 is 9.13 Å². The van der Waals surface area contributed by atoms with Gasteiger partial charge in [-0.2, -0.15) is 0 Å². The molecule has 0 radical (unpaired) electrons. The number of rotatable bonds is 5. The van der Waals surface area contributed by atoms with Crippen molar-refractivity contribution in [1.29, 1.82) is 0 Å². The van der Waals surface area contributed by atoms with Crippen LogP contribution in [0.15, 0.2) is 218 Å². The summed E-state index contributed by atoms with van der Waals surface area (Å²) in [7, 11) is 0. The van der Waals surface area contributed by atoms with Gasteiger partial charge in [0.2, 0.25) is 0 Å². The van der Waals surface area contributed by atoms with Crippen LogP contribution in [0.4, 0.5) is 0 Å². The fraction of sp³-hybridized carbons (Fsp3) is 0. The van der Waals surface area contributed by atoms with Crippen LogP contribution in [0.2, 0.25) is 0 Å². The SMILES string of the molecule is c1ccc(-n2c3ccccc3c3cc(-c4ccc5c(c4)c4ccccc4n5-c4ccc(-c5cccc(-c6cc7ccccc7c7ccccc67)c5)cc4)ccc32)cc1. The van der Waals surface area contributed by atoms with Crippen molar-refractivity contribution in [1.82, 2.24) is 9.13 Å². The molecule has 0 fully saturated rings. The van der Waals surface area contributed by atoms with Gasteiger partial charge in [-0.1, -0.05) is 146 Å². The van der Waals surface area contributed by atoms with Gasteiger partial charge in [0, 0.05) is 32.9 Å². The Morgan fingerprint density at radius 1 is 0.224 bits per heavy atom. The average molecular weight is 737 g/mol. The zero-order chi connectivity index (χ0) is 38.2. The molecule has 0 atom stereocenters. The van der Waals surface area contributed by atoms with Crippen molar-refractivity contribution in [3.8, 4) is 44.8 Å². The Labute approximate surface area is 336 Å². The molecular weight excluding hydrogens is 701 g/mol. The predicted octanol–water partition coefficient (Wildman–Crippen LogP) is 15.2. The lowest BCUT2D eigenvalue weighted by Gasteiger charge is -2.13. The Kier molecular flexibility index (Phi) is 7.26. The smallest absolute Gasteiger partial charge is 0.0541 e. The Morgan fingerprint density at radius 3 is 1.34 bits per heavy atom. The van der Waals surface area contributed by atoms with Crippen molar-refractivity contribution < 1.29 is 0 Å². The van der Waals surface area contributed by atoms with Gasteiger partial charge in [0.15, 0.2) is 0 Å². The highest BCUT2D eigenvalue weighted by atomic mass is 15.0. The zero-order valence-corrected chi connectivity index (χ0v) is 31.7. The minimum atomic E-state index is 1.15. The van der Waals surface area contributed by atoms with E-state index in [0.29, 0.717) is 0 Å². The van der Waals surface area contributed by atoms with E-state index in [1.807, 2.05) is 0 Å². The summed E-state index contributed by atoms with van der Waals surface area (Å²) in [5.74, 6) is 0. The average Bonchev–Trinajstić information content (AvgIpc) is 3.81. The molecule has 0 N–H and O–H groups in total. The molecular formula is C56H36N2. The monoisotopic (exact) mass is 736 g/mol. The van der Waals surface area contributed by atoms with Gasteiger partial charge in [0.05, 0.1) is 22.1 Å². The van der Waals surface area contributed by atoms with Crippen molar-refractivity contribution >= 4 is 65.2 Å². The standard InChI is InChI=1S/C56H36N2/c1-2-16-43(17-3-1)57-53-23-10-8-21-48(53)51-34-39(27-31-55(51)57)40-28-32-56-52(35-40)49-22-9-11-24-54(49)58(56)44-29-25-37(26-30-44)38-14-12-15-41(33-38)50-36-42-13-4-5-18-45(42)46-19-6-7-20-47(46)50/h1-36H. The highest BCUT2D eigenvalue weighted by Gasteiger charge is 2.17. The molecule has 0 bridgehead atoms. The van der Waals surface area contributed by atoms with E-state index in [9.17, 15) is 0 Å². The van der Waals surface area contributed by atoms with E-state index in [-0.39, 0.29) is 0 Å². The third-order valence-corrected chi connectivity index (χ3v) is 12.1. The second kappa shape index (κ2) is 12.9. The van der Waals surface area contributed by atoms with E-state index in [1.165, 1.54) is 104 Å². The van der Waals surface area contributed by atoms with E-state index in [4.69, 9.17) is 0 Å². The largest absolute Gasteiger partial charge is 0.309 e. The predicted molar refractivity (Wildman–Crippen MR) is 246 cm³/mol. The summed E-state index contributed by atoms with van der Waals surface area (Å²) in [4.78, 5) is 0. The zero-order valence-electron chi connectivity index (χ0n) is 31.7. The van der Waals surface area contributed by atoms with E-state index < -0.39 is 0 Å². The van der Waals surface area contributed by atoms with Crippen molar-refractivity contribution in [3.63, 3.8) is 0 Å². The van der Waals surface area contributed by atoms with Crippen LogP contribution in [0.1, 0.15) is 0 Å². The lowest BCUT2D eigenvalue weighted by molar-refractivity contribution is 1.18. The quantitative estimate of drug-likeness (QED) is 0.156. The van der Waals surface area contributed by atoms with Gasteiger partial charge in [-0.15, -0.1) is 0 Å². The maximum Gasteiger partial charge on any atom is 0.0541 e. The number of nitrogens with zero attached hydrogens (tertiary/aromatic N) is 2. The van der Waals surface area contributed by atoms with Crippen LogP contribution in [-0.4, -0.2) is 9.13 Å². The molecule has 2 aromatic heterocycles. The topological polar surface area (TPSA) is 9.86 Å². The molecule has 12 rings (SSSR count). The van der Waals surface area contributed by atoms with E-state index >= 15 is 0 Å². The lowest BCUT2D eigenvalue weighted by Crippen LogP contribution is -1.94. The van der Waals surface area contributed by atoms with Crippen LogP contribution in [0.5, 0.6) is 0 Å². The van der Waals surface area contributed by atoms with Crippen molar-refractivity contribution in [3.05, 3.63) is 218 Å². The van der Waals surface area contributed by atoms with E-state index in [0.717, 1.165) is 5.69 Å². The number of hydrogen-bond acceptors (Lipinski definition) is 0. The summed E-state index contributed by atoms with van der Waals surface area (Å²) >= 11 is 0. The normalized spacial score (nSPS) is 11.8. The van der Waals surface area contributed by atoms with E-state index in [1.54, 1.807) is 0 Å². The fourth-order valence-corrected chi connectivity index (χ4v) is 9.40. The molecule has 0 amide bonds. The first-order chi connectivity index (χ1) is 28.8. The number of para-hydroxylation sites is 3. The molecule has 0 saturated carbocycles. The van der Waals surface area contributed by atoms with Crippen LogP contribution in [0, 0.1) is 0 Å². The van der Waals surface area contributed by atoms with Crippen LogP contribution in [0.25, 0.3) is 110 Å². The molecule has 0 unspecified atom stereocenters. The molecule has 0 spiro atoms. The van der Waals surface area contributed by atoms with Gasteiger partial charge in [0.1, 0.15) is 0 Å². The first-order valence-electron chi connectivity index (χ1n) is 20.0. The number of aromatic nitrogens is 2. The first kappa shape index (κ1) is 32.6. The maximum atomic E-state index is 2.41. The molecule has 0 aliphatic rings. The second-order valence-corrected chi connectivity index (χ2v) is 15.3. The van der Waals surface area contributed by atoms with Crippen molar-refractivity contribution in [2.24, 2.45) is 0 Å². The summed E-state index contributed by atoms with van der Waals surface area (Å²) in [5.41, 5.74) is 14.5. The van der Waals surface area contributed by atoms with Crippen LogP contribution in [-0.2, 0) is 0 Å². The molecule has 58 heavy (non-hydrogen) atoms. The highest BCUT2D eigenvalue weighted by molar-refractivity contribution is 6.15.